The normalized spacial score (nSPS) is 32.3. The van der Waals surface area contributed by atoms with Crippen molar-refractivity contribution in [3.8, 4) is 0 Å². The highest BCUT2D eigenvalue weighted by Gasteiger charge is 2.35. The number of aliphatic hydroxyl groups excluding tert-OH is 1. The minimum Gasteiger partial charge on any atom is -0.481 e. The molecule has 0 saturated heterocycles. The monoisotopic (exact) mass is 231 g/mol. The number of carboxylic acids is 1. The lowest BCUT2D eigenvalue weighted by Crippen LogP contribution is -2.47. The van der Waals surface area contributed by atoms with Crippen LogP contribution in [0.3, 0.4) is 0 Å². The van der Waals surface area contributed by atoms with Crippen molar-refractivity contribution in [3.63, 3.8) is 0 Å². The van der Waals surface area contributed by atoms with E-state index in [9.17, 15) is 9.90 Å². The van der Waals surface area contributed by atoms with E-state index >= 15 is 0 Å². The summed E-state index contributed by atoms with van der Waals surface area (Å²) in [5, 5.41) is 30.9. The number of rotatable bonds is 5. The molecule has 0 spiro atoms. The Morgan fingerprint density at radius 3 is 2.50 bits per heavy atom. The van der Waals surface area contributed by atoms with Gasteiger partial charge < -0.3 is 20.6 Å². The van der Waals surface area contributed by atoms with Gasteiger partial charge in [0.2, 0.25) is 0 Å². The molecule has 0 radical (unpaired) electrons. The first-order valence-corrected chi connectivity index (χ1v) is 5.76. The van der Waals surface area contributed by atoms with E-state index in [4.69, 9.17) is 10.2 Å². The summed E-state index contributed by atoms with van der Waals surface area (Å²) in [5.74, 6) is -1.07. The quantitative estimate of drug-likeness (QED) is 0.533. The van der Waals surface area contributed by atoms with Gasteiger partial charge in [-0.15, -0.1) is 0 Å². The van der Waals surface area contributed by atoms with Crippen LogP contribution in [0.25, 0.3) is 0 Å². The summed E-state index contributed by atoms with van der Waals surface area (Å²) in [7, 11) is 0. The van der Waals surface area contributed by atoms with Gasteiger partial charge in [0.15, 0.2) is 0 Å². The molecule has 16 heavy (non-hydrogen) atoms. The fourth-order valence-electron chi connectivity index (χ4n) is 2.01. The molecule has 0 aromatic rings. The van der Waals surface area contributed by atoms with Crippen LogP contribution in [-0.2, 0) is 4.79 Å². The summed E-state index contributed by atoms with van der Waals surface area (Å²) in [5.41, 5.74) is -0.810. The second kappa shape index (κ2) is 5.61. The highest BCUT2D eigenvalue weighted by atomic mass is 16.4. The third kappa shape index (κ3) is 3.73. The Kier molecular flexibility index (Phi) is 4.70. The van der Waals surface area contributed by atoms with Crippen molar-refractivity contribution in [1.29, 1.82) is 0 Å². The molecule has 0 aromatic heterocycles. The number of hydrogen-bond donors (Lipinski definition) is 4. The predicted molar refractivity (Wildman–Crippen MR) is 59.1 cm³/mol. The van der Waals surface area contributed by atoms with Crippen molar-refractivity contribution < 1.29 is 20.1 Å². The molecule has 0 bridgehead atoms. The molecule has 1 saturated carbocycles. The van der Waals surface area contributed by atoms with Gasteiger partial charge in [0.05, 0.1) is 18.1 Å². The summed E-state index contributed by atoms with van der Waals surface area (Å²) < 4.78 is 0. The van der Waals surface area contributed by atoms with E-state index in [-0.39, 0.29) is 18.6 Å². The van der Waals surface area contributed by atoms with Crippen LogP contribution < -0.4 is 5.32 Å². The summed E-state index contributed by atoms with van der Waals surface area (Å²) in [6, 6.07) is -0.0405. The summed E-state index contributed by atoms with van der Waals surface area (Å²) >= 11 is 0. The van der Waals surface area contributed by atoms with Crippen LogP contribution in [0.1, 0.15) is 32.6 Å². The fourth-order valence-corrected chi connectivity index (χ4v) is 2.01. The van der Waals surface area contributed by atoms with Crippen LogP contribution in [0, 0.1) is 5.92 Å². The van der Waals surface area contributed by atoms with Crippen molar-refractivity contribution >= 4 is 5.97 Å². The molecule has 1 aliphatic rings. The van der Waals surface area contributed by atoms with Crippen LogP contribution in [0.4, 0.5) is 0 Å². The molecule has 5 nitrogen and oxygen atoms in total. The van der Waals surface area contributed by atoms with Gasteiger partial charge in [0.25, 0.3) is 0 Å². The van der Waals surface area contributed by atoms with E-state index in [1.807, 2.05) is 6.92 Å². The molecule has 5 heteroatoms. The van der Waals surface area contributed by atoms with Gasteiger partial charge in [-0.25, -0.2) is 0 Å². The molecule has 1 atom stereocenters. The van der Waals surface area contributed by atoms with Gasteiger partial charge in [0, 0.05) is 12.6 Å². The number of carboxylic acid groups (broad SMARTS) is 1. The van der Waals surface area contributed by atoms with E-state index in [1.165, 1.54) is 0 Å². The minimum absolute atomic E-state index is 0.0355. The molecule has 0 aliphatic heterocycles. The third-order valence-corrected chi connectivity index (χ3v) is 3.32. The first-order valence-electron chi connectivity index (χ1n) is 5.76. The molecule has 0 amide bonds. The average molecular weight is 231 g/mol. The topological polar surface area (TPSA) is 89.8 Å². The Morgan fingerprint density at radius 2 is 2.06 bits per heavy atom. The van der Waals surface area contributed by atoms with E-state index in [2.05, 4.69) is 5.32 Å². The molecule has 1 rings (SSSR count). The van der Waals surface area contributed by atoms with Crippen LogP contribution in [-0.4, -0.2) is 46.1 Å². The Hall–Kier alpha value is -0.650. The van der Waals surface area contributed by atoms with Crippen LogP contribution in [0.2, 0.25) is 0 Å². The first-order chi connectivity index (χ1) is 7.47. The molecule has 0 heterocycles. The molecular weight excluding hydrogens is 210 g/mol. The highest BCUT2D eigenvalue weighted by molar-refractivity contribution is 5.70. The van der Waals surface area contributed by atoms with Gasteiger partial charge in [-0.1, -0.05) is 0 Å². The number of aliphatic hydroxyl groups is 2. The molecule has 1 unspecified atom stereocenters. The van der Waals surface area contributed by atoms with E-state index < -0.39 is 11.6 Å². The summed E-state index contributed by atoms with van der Waals surface area (Å²) in [6.07, 6.45) is 2.08. The Labute approximate surface area is 95.5 Å². The maximum atomic E-state index is 10.7. The van der Waals surface area contributed by atoms with Crippen LogP contribution >= 0.6 is 0 Å². The summed E-state index contributed by atoms with van der Waals surface area (Å²) in [6.45, 7) is 2.29. The maximum Gasteiger partial charge on any atom is 0.306 e. The molecule has 4 N–H and O–H groups in total. The maximum absolute atomic E-state index is 10.7. The zero-order valence-electron chi connectivity index (χ0n) is 9.65. The number of carbonyl (C=O) groups is 1. The fraction of sp³-hybridized carbons (Fsp3) is 0.909. The lowest BCUT2D eigenvalue weighted by molar-refractivity contribution is -0.144. The largest absolute Gasteiger partial charge is 0.481 e. The molecule has 0 aromatic carbocycles. The lowest BCUT2D eigenvalue weighted by Gasteiger charge is -2.35. The van der Waals surface area contributed by atoms with E-state index in [0.717, 1.165) is 0 Å². The molecule has 94 valence electrons. The third-order valence-electron chi connectivity index (χ3n) is 3.32. The van der Waals surface area contributed by atoms with Crippen molar-refractivity contribution in [2.45, 2.75) is 44.2 Å². The Balaban J connectivity index is 2.35. The minimum atomic E-state index is -0.810. The van der Waals surface area contributed by atoms with Gasteiger partial charge in [-0.3, -0.25) is 4.79 Å². The number of hydrogen-bond acceptors (Lipinski definition) is 4. The van der Waals surface area contributed by atoms with Crippen LogP contribution in [0.5, 0.6) is 0 Å². The van der Waals surface area contributed by atoms with Gasteiger partial charge in [-0.05, 0) is 32.6 Å². The van der Waals surface area contributed by atoms with E-state index in [0.29, 0.717) is 32.2 Å². The molecular formula is C11H21NO4. The highest BCUT2D eigenvalue weighted by Crippen LogP contribution is 2.31. The van der Waals surface area contributed by atoms with Crippen molar-refractivity contribution in [3.05, 3.63) is 0 Å². The first kappa shape index (κ1) is 13.4. The van der Waals surface area contributed by atoms with Crippen molar-refractivity contribution in [1.82, 2.24) is 5.32 Å². The summed E-state index contributed by atoms with van der Waals surface area (Å²) in [4.78, 5) is 10.7. The van der Waals surface area contributed by atoms with Gasteiger partial charge in [-0.2, -0.15) is 0 Å². The average Bonchev–Trinajstić information content (AvgIpc) is 2.26. The van der Waals surface area contributed by atoms with Crippen LogP contribution in [0.15, 0.2) is 0 Å². The predicted octanol–water partition coefficient (Wildman–Crippen LogP) is -0.0373. The molecule has 1 aliphatic carbocycles. The standard InChI is InChI=1S/C11H21NO4/c1-8(6-13)12-7-11(16)4-2-9(3-5-11)10(14)15/h8-9,12-13,16H,2-7H2,1H3,(H,14,15). The van der Waals surface area contributed by atoms with E-state index in [1.54, 1.807) is 0 Å². The molecule has 1 fully saturated rings. The number of aliphatic carboxylic acids is 1. The smallest absolute Gasteiger partial charge is 0.306 e. The number of nitrogens with one attached hydrogen (secondary N) is 1. The van der Waals surface area contributed by atoms with Gasteiger partial charge >= 0.3 is 5.97 Å². The van der Waals surface area contributed by atoms with Crippen molar-refractivity contribution in [2.24, 2.45) is 5.92 Å². The Morgan fingerprint density at radius 1 is 1.50 bits per heavy atom. The lowest BCUT2D eigenvalue weighted by atomic mass is 9.78. The zero-order valence-corrected chi connectivity index (χ0v) is 9.65. The van der Waals surface area contributed by atoms with Crippen molar-refractivity contribution in [2.75, 3.05) is 13.2 Å². The second-order valence-electron chi connectivity index (χ2n) is 4.80. The van der Waals surface area contributed by atoms with Gasteiger partial charge in [0.1, 0.15) is 0 Å². The zero-order chi connectivity index (χ0) is 12.2. The second-order valence-corrected chi connectivity index (χ2v) is 4.80. The Bertz CT molecular complexity index is 236. The SMILES string of the molecule is CC(CO)NCC1(O)CCC(C(=O)O)CC1.